The van der Waals surface area contributed by atoms with E-state index in [1.165, 1.54) is 28.2 Å². The SMILES string of the molecule is CCC(C)Nc1ccc(N(c2ccccc2)C(C)CC)c(C)c1C. The van der Waals surface area contributed by atoms with Crippen molar-refractivity contribution in [2.24, 2.45) is 0 Å². The maximum absolute atomic E-state index is 3.63. The molecule has 0 aromatic heterocycles. The monoisotopic (exact) mass is 324 g/mol. The van der Waals surface area contributed by atoms with Gasteiger partial charge >= 0.3 is 0 Å². The first-order chi connectivity index (χ1) is 11.5. The number of benzene rings is 2. The van der Waals surface area contributed by atoms with Gasteiger partial charge in [-0.15, -0.1) is 0 Å². The van der Waals surface area contributed by atoms with Gasteiger partial charge in [-0.25, -0.2) is 0 Å². The number of para-hydroxylation sites is 1. The van der Waals surface area contributed by atoms with Gasteiger partial charge in [-0.1, -0.05) is 32.0 Å². The molecule has 130 valence electrons. The second kappa shape index (κ2) is 8.23. The first-order valence-electron chi connectivity index (χ1n) is 9.20. The molecule has 2 heteroatoms. The summed E-state index contributed by atoms with van der Waals surface area (Å²) in [6.45, 7) is 13.5. The molecule has 24 heavy (non-hydrogen) atoms. The third-order valence-corrected chi connectivity index (χ3v) is 5.10. The zero-order chi connectivity index (χ0) is 17.7. The Morgan fingerprint density at radius 3 is 2.12 bits per heavy atom. The second-order valence-corrected chi connectivity index (χ2v) is 6.80. The summed E-state index contributed by atoms with van der Waals surface area (Å²) in [5.74, 6) is 0. The molecule has 0 aliphatic rings. The highest BCUT2D eigenvalue weighted by atomic mass is 15.2. The fourth-order valence-corrected chi connectivity index (χ4v) is 2.99. The molecule has 2 aromatic carbocycles. The number of hydrogen-bond donors (Lipinski definition) is 1. The Balaban J connectivity index is 2.46. The molecular weight excluding hydrogens is 292 g/mol. The zero-order valence-corrected chi connectivity index (χ0v) is 16.1. The summed E-state index contributed by atoms with van der Waals surface area (Å²) in [7, 11) is 0. The lowest BCUT2D eigenvalue weighted by Gasteiger charge is -2.33. The van der Waals surface area contributed by atoms with Crippen molar-refractivity contribution >= 4 is 17.1 Å². The van der Waals surface area contributed by atoms with E-state index in [4.69, 9.17) is 0 Å². The van der Waals surface area contributed by atoms with Crippen LogP contribution in [0.5, 0.6) is 0 Å². The first kappa shape index (κ1) is 18.4. The Hall–Kier alpha value is -1.96. The predicted molar refractivity (Wildman–Crippen MR) is 108 cm³/mol. The summed E-state index contributed by atoms with van der Waals surface area (Å²) in [6, 6.07) is 16.2. The molecule has 0 radical (unpaired) electrons. The Bertz CT molecular complexity index is 649. The van der Waals surface area contributed by atoms with Crippen molar-refractivity contribution < 1.29 is 0 Å². The number of nitrogens with zero attached hydrogens (tertiary/aromatic N) is 1. The molecule has 0 saturated carbocycles. The van der Waals surface area contributed by atoms with Crippen LogP contribution in [0.2, 0.25) is 0 Å². The van der Waals surface area contributed by atoms with Crippen molar-refractivity contribution in [3.63, 3.8) is 0 Å². The van der Waals surface area contributed by atoms with Gasteiger partial charge in [0.15, 0.2) is 0 Å². The maximum atomic E-state index is 3.63. The average molecular weight is 325 g/mol. The van der Waals surface area contributed by atoms with E-state index in [9.17, 15) is 0 Å². The van der Waals surface area contributed by atoms with Crippen molar-refractivity contribution in [1.82, 2.24) is 0 Å². The molecule has 0 spiro atoms. The lowest BCUT2D eigenvalue weighted by atomic mass is 10.0. The van der Waals surface area contributed by atoms with Crippen molar-refractivity contribution in [2.75, 3.05) is 10.2 Å². The molecule has 1 N–H and O–H groups in total. The lowest BCUT2D eigenvalue weighted by Crippen LogP contribution is -2.28. The van der Waals surface area contributed by atoms with Gasteiger partial charge in [0.1, 0.15) is 0 Å². The van der Waals surface area contributed by atoms with E-state index < -0.39 is 0 Å². The van der Waals surface area contributed by atoms with E-state index in [1.807, 2.05) is 0 Å². The molecule has 0 aliphatic carbocycles. The predicted octanol–water partition coefficient (Wildman–Crippen LogP) is 6.45. The normalized spacial score (nSPS) is 13.4. The van der Waals surface area contributed by atoms with E-state index in [2.05, 4.69) is 94.2 Å². The van der Waals surface area contributed by atoms with Crippen LogP contribution in [0.15, 0.2) is 42.5 Å². The van der Waals surface area contributed by atoms with Gasteiger partial charge in [0.05, 0.1) is 0 Å². The molecule has 0 heterocycles. The van der Waals surface area contributed by atoms with Crippen molar-refractivity contribution in [2.45, 2.75) is 66.5 Å². The van der Waals surface area contributed by atoms with Gasteiger partial charge in [0, 0.05) is 29.1 Å². The summed E-state index contributed by atoms with van der Waals surface area (Å²) in [5.41, 5.74) is 6.52. The zero-order valence-electron chi connectivity index (χ0n) is 16.1. The largest absolute Gasteiger partial charge is 0.382 e. The molecule has 2 aromatic rings. The summed E-state index contributed by atoms with van der Waals surface area (Å²) in [4.78, 5) is 2.47. The molecule has 0 aliphatic heterocycles. The molecule has 0 saturated heterocycles. The Labute approximate surface area is 147 Å². The minimum absolute atomic E-state index is 0.457. The van der Waals surface area contributed by atoms with Crippen molar-refractivity contribution in [1.29, 1.82) is 0 Å². The van der Waals surface area contributed by atoms with Crippen LogP contribution in [0.4, 0.5) is 17.1 Å². The van der Waals surface area contributed by atoms with E-state index in [0.717, 1.165) is 12.8 Å². The molecule has 2 unspecified atom stereocenters. The van der Waals surface area contributed by atoms with E-state index in [0.29, 0.717) is 12.1 Å². The number of anilines is 3. The Morgan fingerprint density at radius 2 is 1.54 bits per heavy atom. The quantitative estimate of drug-likeness (QED) is 0.629. The highest BCUT2D eigenvalue weighted by Gasteiger charge is 2.19. The van der Waals surface area contributed by atoms with Gasteiger partial charge in [-0.05, 0) is 75.9 Å². The molecule has 2 rings (SSSR count). The third kappa shape index (κ3) is 3.92. The van der Waals surface area contributed by atoms with E-state index in [-0.39, 0.29) is 0 Å². The van der Waals surface area contributed by atoms with Crippen molar-refractivity contribution in [3.05, 3.63) is 53.6 Å². The van der Waals surface area contributed by atoms with Gasteiger partial charge in [0.25, 0.3) is 0 Å². The van der Waals surface area contributed by atoms with Gasteiger partial charge in [0.2, 0.25) is 0 Å². The molecule has 0 fully saturated rings. The standard InChI is InChI=1S/C22H32N2/c1-7-16(3)23-21-14-15-22(19(6)18(21)5)24(17(4)8-2)20-12-10-9-11-13-20/h9-17,23H,7-8H2,1-6H3. The fraction of sp³-hybridized carbons (Fsp3) is 0.455. The van der Waals surface area contributed by atoms with Crippen LogP contribution in [0.1, 0.15) is 51.7 Å². The lowest BCUT2D eigenvalue weighted by molar-refractivity contribution is 0.686. The van der Waals surface area contributed by atoms with Gasteiger partial charge in [-0.3, -0.25) is 0 Å². The summed E-state index contributed by atoms with van der Waals surface area (Å²) in [6.07, 6.45) is 2.24. The molecular formula is C22H32N2. The molecule has 0 bridgehead atoms. The minimum Gasteiger partial charge on any atom is -0.382 e. The fourth-order valence-electron chi connectivity index (χ4n) is 2.99. The number of rotatable bonds is 7. The van der Waals surface area contributed by atoms with Crippen LogP contribution in [-0.4, -0.2) is 12.1 Å². The number of nitrogens with one attached hydrogen (secondary N) is 1. The maximum Gasteiger partial charge on any atom is 0.0447 e. The van der Waals surface area contributed by atoms with Gasteiger partial charge in [-0.2, -0.15) is 0 Å². The smallest absolute Gasteiger partial charge is 0.0447 e. The topological polar surface area (TPSA) is 15.3 Å². The number of hydrogen-bond acceptors (Lipinski definition) is 2. The van der Waals surface area contributed by atoms with Crippen LogP contribution >= 0.6 is 0 Å². The summed E-state index contributed by atoms with van der Waals surface area (Å²) < 4.78 is 0. The van der Waals surface area contributed by atoms with E-state index in [1.54, 1.807) is 0 Å². The van der Waals surface area contributed by atoms with Crippen LogP contribution in [0.3, 0.4) is 0 Å². The Kier molecular flexibility index (Phi) is 6.30. The molecule has 0 amide bonds. The average Bonchev–Trinajstić information content (AvgIpc) is 2.61. The van der Waals surface area contributed by atoms with Gasteiger partial charge < -0.3 is 10.2 Å². The summed E-state index contributed by atoms with van der Waals surface area (Å²) >= 11 is 0. The minimum atomic E-state index is 0.457. The highest BCUT2D eigenvalue weighted by molar-refractivity contribution is 5.72. The van der Waals surface area contributed by atoms with E-state index >= 15 is 0 Å². The van der Waals surface area contributed by atoms with Crippen LogP contribution < -0.4 is 10.2 Å². The summed E-state index contributed by atoms with van der Waals surface area (Å²) in [5, 5.41) is 3.63. The van der Waals surface area contributed by atoms with Crippen LogP contribution in [0, 0.1) is 13.8 Å². The third-order valence-electron chi connectivity index (χ3n) is 5.10. The second-order valence-electron chi connectivity index (χ2n) is 6.80. The van der Waals surface area contributed by atoms with Crippen LogP contribution in [-0.2, 0) is 0 Å². The highest BCUT2D eigenvalue weighted by Crippen LogP contribution is 2.35. The van der Waals surface area contributed by atoms with Crippen molar-refractivity contribution in [3.8, 4) is 0 Å². The Morgan fingerprint density at radius 1 is 0.875 bits per heavy atom. The van der Waals surface area contributed by atoms with Crippen LogP contribution in [0.25, 0.3) is 0 Å². The molecule has 2 nitrogen and oxygen atoms in total. The molecule has 2 atom stereocenters. The first-order valence-corrected chi connectivity index (χ1v) is 9.20.